The fourth-order valence-electron chi connectivity index (χ4n) is 3.86. The summed E-state index contributed by atoms with van der Waals surface area (Å²) in [4.78, 5) is 16.6. The van der Waals surface area contributed by atoms with Gasteiger partial charge >= 0.3 is 13.1 Å². The molecule has 1 heterocycles. The average molecular weight is 470 g/mol. The first kappa shape index (κ1) is 25.9. The van der Waals surface area contributed by atoms with Crippen molar-refractivity contribution in [2.24, 2.45) is 0 Å². The van der Waals surface area contributed by atoms with Gasteiger partial charge in [-0.15, -0.1) is 0 Å². The van der Waals surface area contributed by atoms with E-state index < -0.39 is 19.1 Å². The van der Waals surface area contributed by atoms with Gasteiger partial charge in [0.15, 0.2) is 0 Å². The van der Waals surface area contributed by atoms with Crippen LogP contribution in [0.5, 0.6) is 0 Å². The maximum atomic E-state index is 12.3. The summed E-state index contributed by atoms with van der Waals surface area (Å²) in [5.74, 6) is -1.06. The number of urea groups is 1. The van der Waals surface area contributed by atoms with E-state index in [1.54, 1.807) is 6.20 Å². The number of nitriles is 1. The fourth-order valence-corrected chi connectivity index (χ4v) is 3.86. The van der Waals surface area contributed by atoms with Crippen molar-refractivity contribution < 1.29 is 14.8 Å². The quantitative estimate of drug-likeness (QED) is 0.321. The SMILES string of the molecule is Cc1ccc(C[C@H](NC(=O)NCCc2cccc(CCC(C#N)c3ccccn3)c2)B(O)O)cc1. The van der Waals surface area contributed by atoms with E-state index in [0.29, 0.717) is 25.8 Å². The summed E-state index contributed by atoms with van der Waals surface area (Å²) in [7, 11) is -1.66. The summed E-state index contributed by atoms with van der Waals surface area (Å²) in [6.45, 7) is 2.39. The molecule has 0 saturated carbocycles. The standard InChI is InChI=1S/C27H31BN4O3/c1-20-8-10-23(11-9-20)18-26(28(34)35)32-27(33)31-16-14-22-6-4-5-21(17-22)12-13-24(19-29)25-7-2-3-15-30-25/h2-11,15,17,24,26,34-35H,12-14,16,18H2,1H3,(H2,31,32,33)/t24?,26-/m0/s1. The topological polar surface area (TPSA) is 118 Å². The van der Waals surface area contributed by atoms with Crippen LogP contribution >= 0.6 is 0 Å². The first-order chi connectivity index (χ1) is 16.9. The molecule has 0 saturated heterocycles. The molecule has 180 valence electrons. The number of aryl methyl sites for hydroxylation is 2. The van der Waals surface area contributed by atoms with Crippen LogP contribution in [0.25, 0.3) is 0 Å². The van der Waals surface area contributed by atoms with Crippen LogP contribution in [0.4, 0.5) is 4.79 Å². The molecule has 7 nitrogen and oxygen atoms in total. The van der Waals surface area contributed by atoms with Crippen molar-refractivity contribution in [2.75, 3.05) is 6.54 Å². The minimum Gasteiger partial charge on any atom is -0.426 e. The highest BCUT2D eigenvalue weighted by Crippen LogP contribution is 2.19. The Labute approximate surface area is 207 Å². The maximum absolute atomic E-state index is 12.3. The van der Waals surface area contributed by atoms with Crippen molar-refractivity contribution in [3.05, 3.63) is 101 Å². The predicted molar refractivity (Wildman–Crippen MR) is 136 cm³/mol. The predicted octanol–water partition coefficient (Wildman–Crippen LogP) is 3.10. The number of hydrogen-bond donors (Lipinski definition) is 4. The molecule has 0 aliphatic heterocycles. The Balaban J connectivity index is 1.46. The summed E-state index contributed by atoms with van der Waals surface area (Å²) in [6, 6.07) is 23.3. The molecule has 35 heavy (non-hydrogen) atoms. The first-order valence-corrected chi connectivity index (χ1v) is 11.8. The third-order valence-electron chi connectivity index (χ3n) is 5.87. The Morgan fingerprint density at radius 3 is 2.43 bits per heavy atom. The van der Waals surface area contributed by atoms with E-state index in [4.69, 9.17) is 0 Å². The van der Waals surface area contributed by atoms with Crippen molar-refractivity contribution in [3.8, 4) is 6.07 Å². The van der Waals surface area contributed by atoms with Crippen molar-refractivity contribution >= 4 is 13.1 Å². The minimum atomic E-state index is -1.66. The fraction of sp³-hybridized carbons (Fsp3) is 0.296. The van der Waals surface area contributed by atoms with Crippen LogP contribution in [0.2, 0.25) is 0 Å². The lowest BCUT2D eigenvalue weighted by Crippen LogP contribution is -2.51. The van der Waals surface area contributed by atoms with Gasteiger partial charge in [0.1, 0.15) is 0 Å². The normalized spacial score (nSPS) is 12.3. The molecule has 0 fully saturated rings. The minimum absolute atomic E-state index is 0.250. The Bertz CT molecular complexity index is 1120. The first-order valence-electron chi connectivity index (χ1n) is 11.8. The van der Waals surface area contributed by atoms with E-state index in [1.807, 2.05) is 67.6 Å². The number of aromatic nitrogens is 1. The highest BCUT2D eigenvalue weighted by molar-refractivity contribution is 6.43. The van der Waals surface area contributed by atoms with Crippen LogP contribution in [-0.4, -0.2) is 40.7 Å². The van der Waals surface area contributed by atoms with Gasteiger partial charge in [0, 0.05) is 12.7 Å². The molecule has 1 unspecified atom stereocenters. The molecular weight excluding hydrogens is 439 g/mol. The van der Waals surface area contributed by atoms with Gasteiger partial charge in [-0.05, 0) is 61.4 Å². The molecule has 3 aromatic rings. The van der Waals surface area contributed by atoms with Crippen LogP contribution in [0, 0.1) is 18.3 Å². The molecule has 0 aliphatic rings. The number of nitrogens with one attached hydrogen (secondary N) is 2. The summed E-state index contributed by atoms with van der Waals surface area (Å²) in [6.07, 6.45) is 4.09. The van der Waals surface area contributed by atoms with E-state index >= 15 is 0 Å². The second kappa shape index (κ2) is 13.3. The van der Waals surface area contributed by atoms with Crippen LogP contribution in [0.3, 0.4) is 0 Å². The van der Waals surface area contributed by atoms with Gasteiger partial charge in [0.25, 0.3) is 0 Å². The maximum Gasteiger partial charge on any atom is 0.475 e. The second-order valence-corrected chi connectivity index (χ2v) is 8.65. The molecule has 2 atom stereocenters. The van der Waals surface area contributed by atoms with Crippen LogP contribution < -0.4 is 10.6 Å². The highest BCUT2D eigenvalue weighted by atomic mass is 16.4. The Morgan fingerprint density at radius 1 is 1.03 bits per heavy atom. The molecule has 8 heteroatoms. The number of hydrogen-bond acceptors (Lipinski definition) is 5. The lowest BCUT2D eigenvalue weighted by atomic mass is 9.76. The van der Waals surface area contributed by atoms with Crippen LogP contribution in [-0.2, 0) is 19.3 Å². The number of carbonyl (C=O) groups excluding carboxylic acids is 1. The largest absolute Gasteiger partial charge is 0.475 e. The molecule has 3 rings (SSSR count). The molecule has 0 spiro atoms. The molecule has 2 aromatic carbocycles. The number of rotatable bonds is 11. The van der Waals surface area contributed by atoms with Crippen molar-refractivity contribution in [1.82, 2.24) is 15.6 Å². The lowest BCUT2D eigenvalue weighted by Gasteiger charge is -2.18. The smallest absolute Gasteiger partial charge is 0.426 e. The monoisotopic (exact) mass is 470 g/mol. The summed E-state index contributed by atoms with van der Waals surface area (Å²) in [5, 5.41) is 34.3. The Morgan fingerprint density at radius 2 is 1.77 bits per heavy atom. The molecule has 1 aromatic heterocycles. The van der Waals surface area contributed by atoms with Gasteiger partial charge in [0.2, 0.25) is 0 Å². The van der Waals surface area contributed by atoms with Gasteiger partial charge in [-0.25, -0.2) is 4.79 Å². The van der Waals surface area contributed by atoms with E-state index in [-0.39, 0.29) is 5.92 Å². The zero-order valence-electron chi connectivity index (χ0n) is 19.9. The number of carbonyl (C=O) groups is 1. The molecular formula is C27H31BN4O3. The highest BCUT2D eigenvalue weighted by Gasteiger charge is 2.25. The zero-order valence-corrected chi connectivity index (χ0v) is 19.9. The summed E-state index contributed by atoms with van der Waals surface area (Å²) >= 11 is 0. The number of benzene rings is 2. The molecule has 0 radical (unpaired) electrons. The summed E-state index contributed by atoms with van der Waals surface area (Å²) < 4.78 is 0. The van der Waals surface area contributed by atoms with Gasteiger partial charge in [0.05, 0.1) is 23.6 Å². The second-order valence-electron chi connectivity index (χ2n) is 8.65. The van der Waals surface area contributed by atoms with E-state index in [9.17, 15) is 20.1 Å². The van der Waals surface area contributed by atoms with Crippen molar-refractivity contribution in [3.63, 3.8) is 0 Å². The van der Waals surface area contributed by atoms with Gasteiger partial charge < -0.3 is 20.7 Å². The van der Waals surface area contributed by atoms with Crippen LogP contribution in [0.1, 0.15) is 40.3 Å². The molecule has 4 N–H and O–H groups in total. The average Bonchev–Trinajstić information content (AvgIpc) is 2.86. The third-order valence-corrected chi connectivity index (χ3v) is 5.87. The zero-order chi connectivity index (χ0) is 25.0. The van der Waals surface area contributed by atoms with E-state index in [1.165, 1.54) is 0 Å². The van der Waals surface area contributed by atoms with Gasteiger partial charge in [-0.2, -0.15) is 5.26 Å². The van der Waals surface area contributed by atoms with E-state index in [2.05, 4.69) is 27.8 Å². The molecule has 0 aliphatic carbocycles. The number of pyridine rings is 1. The van der Waals surface area contributed by atoms with Gasteiger partial charge in [-0.3, -0.25) is 4.98 Å². The van der Waals surface area contributed by atoms with E-state index in [0.717, 1.165) is 34.4 Å². The number of nitrogens with zero attached hydrogens (tertiary/aromatic N) is 2. The van der Waals surface area contributed by atoms with Crippen molar-refractivity contribution in [1.29, 1.82) is 5.26 Å². The molecule has 0 bridgehead atoms. The third kappa shape index (κ3) is 8.56. The summed E-state index contributed by atoms with van der Waals surface area (Å²) in [5.41, 5.74) is 5.02. The van der Waals surface area contributed by atoms with Crippen LogP contribution in [0.15, 0.2) is 72.9 Å². The Hall–Kier alpha value is -3.67. The molecule has 2 amide bonds. The number of amides is 2. The van der Waals surface area contributed by atoms with Crippen molar-refractivity contribution in [2.45, 2.75) is 44.5 Å². The Kier molecular flexibility index (Phi) is 9.85. The van der Waals surface area contributed by atoms with Gasteiger partial charge in [-0.1, -0.05) is 60.2 Å². The lowest BCUT2D eigenvalue weighted by molar-refractivity contribution is 0.237.